The maximum Gasteiger partial charge on any atom is 0.264 e. The van der Waals surface area contributed by atoms with E-state index in [9.17, 15) is 22.4 Å². The lowest BCUT2D eigenvalue weighted by molar-refractivity contribution is -0.140. The standard InChI is InChI=1S/C33H32Cl2FN3O4S/c1-3-37-33(41)31(20-24-7-5-4-6-8-24)38(21-25-11-18-29(34)30(35)19-25)32(40)22-39(27-14-9-23(2)10-15-27)44(42,43)28-16-12-26(36)13-17-28/h4-19,31H,3,20-22H2,1-2H3,(H,37,41). The first-order valence-electron chi connectivity index (χ1n) is 13.9. The number of hydrogen-bond donors (Lipinski definition) is 1. The Morgan fingerprint density at radius 1 is 0.864 bits per heavy atom. The fourth-order valence-corrected chi connectivity index (χ4v) is 6.39. The van der Waals surface area contributed by atoms with Gasteiger partial charge < -0.3 is 10.2 Å². The highest BCUT2D eigenvalue weighted by Gasteiger charge is 2.34. The van der Waals surface area contributed by atoms with E-state index in [2.05, 4.69) is 5.32 Å². The van der Waals surface area contributed by atoms with Gasteiger partial charge in [-0.15, -0.1) is 0 Å². The van der Waals surface area contributed by atoms with Gasteiger partial charge in [0.2, 0.25) is 11.8 Å². The average molecular weight is 657 g/mol. The van der Waals surface area contributed by atoms with Crippen LogP contribution < -0.4 is 9.62 Å². The largest absolute Gasteiger partial charge is 0.355 e. The molecule has 0 aliphatic heterocycles. The Hall–Kier alpha value is -3.92. The number of nitrogens with zero attached hydrogens (tertiary/aromatic N) is 2. The van der Waals surface area contributed by atoms with Crippen molar-refractivity contribution in [2.75, 3.05) is 17.4 Å². The zero-order valence-corrected chi connectivity index (χ0v) is 26.5. The summed E-state index contributed by atoms with van der Waals surface area (Å²) in [6.45, 7) is 3.27. The van der Waals surface area contributed by atoms with E-state index in [0.717, 1.165) is 39.7 Å². The fraction of sp³-hybridized carbons (Fsp3) is 0.212. The van der Waals surface area contributed by atoms with E-state index in [4.69, 9.17) is 23.2 Å². The number of anilines is 1. The third kappa shape index (κ3) is 8.16. The summed E-state index contributed by atoms with van der Waals surface area (Å²) in [6, 6.07) is 24.2. The minimum absolute atomic E-state index is 0.0529. The summed E-state index contributed by atoms with van der Waals surface area (Å²) in [4.78, 5) is 29.0. The van der Waals surface area contributed by atoms with Gasteiger partial charge in [0.25, 0.3) is 10.0 Å². The highest BCUT2D eigenvalue weighted by molar-refractivity contribution is 7.92. The number of halogens is 3. The number of likely N-dealkylation sites (N-methyl/N-ethyl adjacent to an activating group) is 1. The second-order valence-electron chi connectivity index (χ2n) is 10.2. The van der Waals surface area contributed by atoms with Crippen LogP contribution in [0.3, 0.4) is 0 Å². The molecule has 0 aliphatic rings. The maximum atomic E-state index is 14.3. The van der Waals surface area contributed by atoms with Crippen LogP contribution >= 0.6 is 23.2 Å². The minimum Gasteiger partial charge on any atom is -0.355 e. The summed E-state index contributed by atoms with van der Waals surface area (Å²) in [5.41, 5.74) is 2.53. The summed E-state index contributed by atoms with van der Waals surface area (Å²) in [7, 11) is -4.33. The molecule has 0 fully saturated rings. The van der Waals surface area contributed by atoms with Crippen LogP contribution in [0, 0.1) is 12.7 Å². The Bertz CT molecular complexity index is 1700. The number of aryl methyl sites for hydroxylation is 1. The maximum absolute atomic E-state index is 14.3. The van der Waals surface area contributed by atoms with Gasteiger partial charge in [0.1, 0.15) is 18.4 Å². The lowest BCUT2D eigenvalue weighted by Crippen LogP contribution is -2.53. The molecule has 1 unspecified atom stereocenters. The summed E-state index contributed by atoms with van der Waals surface area (Å²) >= 11 is 12.4. The van der Waals surface area contributed by atoms with E-state index < -0.39 is 40.2 Å². The van der Waals surface area contributed by atoms with Crippen LogP contribution in [0.5, 0.6) is 0 Å². The highest BCUT2D eigenvalue weighted by atomic mass is 35.5. The molecule has 2 amide bonds. The number of carbonyl (C=O) groups excluding carboxylic acids is 2. The molecule has 4 rings (SSSR count). The highest BCUT2D eigenvalue weighted by Crippen LogP contribution is 2.27. The van der Waals surface area contributed by atoms with Gasteiger partial charge in [0.05, 0.1) is 20.6 Å². The van der Waals surface area contributed by atoms with Crippen LogP contribution in [0.4, 0.5) is 10.1 Å². The van der Waals surface area contributed by atoms with E-state index in [1.54, 1.807) is 49.4 Å². The van der Waals surface area contributed by atoms with Gasteiger partial charge in [0, 0.05) is 19.5 Å². The molecule has 0 bridgehead atoms. The summed E-state index contributed by atoms with van der Waals surface area (Å²) in [5.74, 6) is -1.62. The zero-order valence-electron chi connectivity index (χ0n) is 24.2. The molecule has 4 aromatic carbocycles. The molecule has 230 valence electrons. The number of carbonyl (C=O) groups is 2. The van der Waals surface area contributed by atoms with Crippen molar-refractivity contribution in [1.29, 1.82) is 0 Å². The SMILES string of the molecule is CCNC(=O)C(Cc1ccccc1)N(Cc1ccc(Cl)c(Cl)c1)C(=O)CN(c1ccc(C)cc1)S(=O)(=O)c1ccc(F)cc1. The van der Waals surface area contributed by atoms with Crippen molar-refractivity contribution in [2.24, 2.45) is 0 Å². The Kier molecular flexibility index (Phi) is 11.0. The predicted molar refractivity (Wildman–Crippen MR) is 172 cm³/mol. The van der Waals surface area contributed by atoms with Gasteiger partial charge >= 0.3 is 0 Å². The second kappa shape index (κ2) is 14.7. The molecule has 1 N–H and O–H groups in total. The van der Waals surface area contributed by atoms with Crippen molar-refractivity contribution in [3.8, 4) is 0 Å². The van der Waals surface area contributed by atoms with Crippen molar-refractivity contribution in [3.63, 3.8) is 0 Å². The molecule has 7 nitrogen and oxygen atoms in total. The van der Waals surface area contributed by atoms with Crippen LogP contribution in [0.2, 0.25) is 10.0 Å². The molecule has 4 aromatic rings. The number of benzene rings is 4. The molecule has 11 heteroatoms. The molecular weight excluding hydrogens is 624 g/mol. The Labute approximate surface area is 267 Å². The number of nitrogens with one attached hydrogen (secondary N) is 1. The van der Waals surface area contributed by atoms with E-state index in [1.807, 2.05) is 37.3 Å². The molecule has 0 radical (unpaired) electrons. The molecule has 0 saturated heterocycles. The Morgan fingerprint density at radius 3 is 2.14 bits per heavy atom. The monoisotopic (exact) mass is 655 g/mol. The number of amides is 2. The second-order valence-corrected chi connectivity index (χ2v) is 12.8. The Balaban J connectivity index is 1.80. The molecule has 0 heterocycles. The molecule has 0 saturated carbocycles. The first kappa shape index (κ1) is 33.0. The summed E-state index contributed by atoms with van der Waals surface area (Å²) in [5, 5.41) is 3.41. The van der Waals surface area contributed by atoms with Gasteiger partial charge in [-0.3, -0.25) is 13.9 Å². The van der Waals surface area contributed by atoms with Gasteiger partial charge in [-0.2, -0.15) is 0 Å². The molecule has 0 spiro atoms. The number of hydrogen-bond acceptors (Lipinski definition) is 4. The van der Waals surface area contributed by atoms with Crippen LogP contribution in [-0.2, 0) is 32.6 Å². The lowest BCUT2D eigenvalue weighted by atomic mass is 10.0. The average Bonchev–Trinajstić information content (AvgIpc) is 3.00. The van der Waals surface area contributed by atoms with Gasteiger partial charge in [0.15, 0.2) is 0 Å². The third-order valence-corrected chi connectivity index (χ3v) is 9.49. The van der Waals surface area contributed by atoms with Crippen LogP contribution in [0.25, 0.3) is 0 Å². The van der Waals surface area contributed by atoms with Crippen molar-refractivity contribution >= 4 is 50.7 Å². The molecule has 0 aromatic heterocycles. The van der Waals surface area contributed by atoms with Gasteiger partial charge in [-0.25, -0.2) is 12.8 Å². The van der Waals surface area contributed by atoms with Crippen molar-refractivity contribution in [2.45, 2.75) is 37.8 Å². The van der Waals surface area contributed by atoms with Gasteiger partial charge in [-0.05, 0) is 73.5 Å². The fourth-order valence-electron chi connectivity index (χ4n) is 4.65. The lowest BCUT2D eigenvalue weighted by Gasteiger charge is -2.34. The smallest absolute Gasteiger partial charge is 0.264 e. The normalized spacial score (nSPS) is 11.9. The third-order valence-electron chi connectivity index (χ3n) is 6.96. The van der Waals surface area contributed by atoms with E-state index in [0.29, 0.717) is 17.1 Å². The molecular formula is C33H32Cl2FN3O4S. The topological polar surface area (TPSA) is 86.8 Å². The number of sulfonamides is 1. The van der Waals surface area contributed by atoms with Crippen LogP contribution in [0.1, 0.15) is 23.6 Å². The number of rotatable bonds is 12. The predicted octanol–water partition coefficient (Wildman–Crippen LogP) is 6.41. The first-order valence-corrected chi connectivity index (χ1v) is 16.1. The van der Waals surface area contributed by atoms with E-state index in [-0.39, 0.29) is 28.6 Å². The van der Waals surface area contributed by atoms with E-state index in [1.165, 1.54) is 4.90 Å². The van der Waals surface area contributed by atoms with Crippen LogP contribution in [-0.4, -0.2) is 44.3 Å². The Morgan fingerprint density at radius 2 is 1.52 bits per heavy atom. The summed E-state index contributed by atoms with van der Waals surface area (Å²) in [6.07, 6.45) is 0.176. The van der Waals surface area contributed by atoms with Crippen molar-refractivity contribution in [3.05, 3.63) is 130 Å². The molecule has 44 heavy (non-hydrogen) atoms. The first-order chi connectivity index (χ1) is 21.0. The zero-order chi connectivity index (χ0) is 31.9. The molecule has 0 aliphatic carbocycles. The molecule has 1 atom stereocenters. The van der Waals surface area contributed by atoms with Crippen molar-refractivity contribution < 1.29 is 22.4 Å². The van der Waals surface area contributed by atoms with E-state index >= 15 is 0 Å². The quantitative estimate of drug-likeness (QED) is 0.191. The summed E-state index contributed by atoms with van der Waals surface area (Å²) < 4.78 is 42.6. The van der Waals surface area contributed by atoms with Crippen molar-refractivity contribution in [1.82, 2.24) is 10.2 Å². The van der Waals surface area contributed by atoms with Gasteiger partial charge in [-0.1, -0.05) is 77.3 Å². The van der Waals surface area contributed by atoms with Crippen LogP contribution in [0.15, 0.2) is 102 Å². The minimum atomic E-state index is -4.33.